The van der Waals surface area contributed by atoms with Gasteiger partial charge in [0.1, 0.15) is 5.82 Å². The Morgan fingerprint density at radius 1 is 1.53 bits per heavy atom. The third kappa shape index (κ3) is 3.11. The minimum absolute atomic E-state index is 0.239. The van der Waals surface area contributed by atoms with Gasteiger partial charge in [0.15, 0.2) is 6.10 Å². The van der Waals surface area contributed by atoms with E-state index in [1.807, 2.05) is 24.8 Å². The number of carbonyl (C=O) groups excluding carboxylic acids is 1. The summed E-state index contributed by atoms with van der Waals surface area (Å²) in [5.74, 6) is 0.752. The third-order valence-corrected chi connectivity index (χ3v) is 3.05. The van der Waals surface area contributed by atoms with Crippen LogP contribution in [0.1, 0.15) is 25.5 Å². The van der Waals surface area contributed by atoms with Crippen molar-refractivity contribution in [3.8, 4) is 0 Å². The number of hydrogen-bond acceptors (Lipinski definition) is 6. The van der Waals surface area contributed by atoms with Gasteiger partial charge in [-0.05, 0) is 5.92 Å². The summed E-state index contributed by atoms with van der Waals surface area (Å²) in [4.78, 5) is 21.6. The summed E-state index contributed by atoms with van der Waals surface area (Å²) in [7, 11) is 0. The summed E-state index contributed by atoms with van der Waals surface area (Å²) in [5, 5.41) is 0. The molecular formula is C12H19N5O2. The molecule has 1 atom stereocenters. The van der Waals surface area contributed by atoms with E-state index in [1.165, 1.54) is 0 Å². The van der Waals surface area contributed by atoms with Crippen molar-refractivity contribution in [2.24, 2.45) is 5.73 Å². The number of hydrogen-bond donors (Lipinski definition) is 2. The van der Waals surface area contributed by atoms with Crippen LogP contribution in [0.25, 0.3) is 0 Å². The predicted octanol–water partition coefficient (Wildman–Crippen LogP) is -0.127. The molecule has 7 heteroatoms. The molecule has 0 unspecified atom stereocenters. The zero-order chi connectivity index (χ0) is 14.0. The van der Waals surface area contributed by atoms with Crippen LogP contribution in [-0.2, 0) is 9.53 Å². The number of nitrogens with zero attached hydrogens (tertiary/aromatic N) is 3. The number of ether oxygens (including phenoxy) is 1. The van der Waals surface area contributed by atoms with Crippen molar-refractivity contribution in [1.82, 2.24) is 9.97 Å². The lowest BCUT2D eigenvalue weighted by molar-refractivity contribution is -0.130. The number of anilines is 2. The second kappa shape index (κ2) is 5.40. The van der Waals surface area contributed by atoms with Gasteiger partial charge in [-0.1, -0.05) is 13.8 Å². The molecule has 2 rings (SSSR count). The summed E-state index contributed by atoms with van der Waals surface area (Å²) in [5.41, 5.74) is 11.9. The van der Waals surface area contributed by atoms with Gasteiger partial charge in [0.25, 0.3) is 0 Å². The fourth-order valence-corrected chi connectivity index (χ4v) is 1.96. The van der Waals surface area contributed by atoms with Crippen molar-refractivity contribution < 1.29 is 9.53 Å². The van der Waals surface area contributed by atoms with E-state index in [9.17, 15) is 4.79 Å². The maximum Gasteiger partial charge on any atom is 0.248 e. The highest BCUT2D eigenvalue weighted by Gasteiger charge is 2.26. The second-order valence-electron chi connectivity index (χ2n) is 4.87. The van der Waals surface area contributed by atoms with E-state index in [2.05, 4.69) is 9.97 Å². The second-order valence-corrected chi connectivity index (χ2v) is 4.87. The van der Waals surface area contributed by atoms with E-state index in [0.29, 0.717) is 25.5 Å². The summed E-state index contributed by atoms with van der Waals surface area (Å²) < 4.78 is 5.31. The molecule has 7 nitrogen and oxygen atoms in total. The molecule has 0 saturated carbocycles. The minimum Gasteiger partial charge on any atom is -0.368 e. The maximum atomic E-state index is 11.2. The summed E-state index contributed by atoms with van der Waals surface area (Å²) in [6.07, 6.45) is -0.604. The average Bonchev–Trinajstić information content (AvgIpc) is 2.38. The minimum atomic E-state index is -0.604. The Bertz CT molecular complexity index is 477. The van der Waals surface area contributed by atoms with Gasteiger partial charge in [-0.25, -0.2) is 4.98 Å². The highest BCUT2D eigenvalue weighted by atomic mass is 16.5. The quantitative estimate of drug-likeness (QED) is 0.788. The molecule has 0 aromatic carbocycles. The van der Waals surface area contributed by atoms with Crippen molar-refractivity contribution in [2.75, 3.05) is 30.3 Å². The lowest BCUT2D eigenvalue weighted by Crippen LogP contribution is -2.48. The van der Waals surface area contributed by atoms with Gasteiger partial charge in [0.2, 0.25) is 11.9 Å². The fourth-order valence-electron chi connectivity index (χ4n) is 1.96. The first-order valence-corrected chi connectivity index (χ1v) is 6.27. The Kier molecular flexibility index (Phi) is 3.84. The normalized spacial score (nSPS) is 19.7. The van der Waals surface area contributed by atoms with Crippen LogP contribution < -0.4 is 16.4 Å². The molecule has 1 amide bonds. The molecule has 0 radical (unpaired) electrons. The zero-order valence-electron chi connectivity index (χ0n) is 11.2. The lowest BCUT2D eigenvalue weighted by Gasteiger charge is -2.32. The molecule has 0 bridgehead atoms. The van der Waals surface area contributed by atoms with Gasteiger partial charge in [-0.3, -0.25) is 4.79 Å². The van der Waals surface area contributed by atoms with Crippen LogP contribution in [0.2, 0.25) is 0 Å². The number of carbonyl (C=O) groups is 1. The standard InChI is InChI=1S/C12H19N5O2/c1-7(2)8-5-10(16-12(14)15-8)17-3-4-19-9(6-17)11(13)18/h5,7,9H,3-4,6H2,1-2H3,(H2,13,18)(H2,14,15,16)/t9-/m1/s1. The molecule has 1 aliphatic rings. The highest BCUT2D eigenvalue weighted by Crippen LogP contribution is 2.21. The first-order valence-electron chi connectivity index (χ1n) is 6.27. The van der Waals surface area contributed by atoms with Gasteiger partial charge in [0, 0.05) is 12.6 Å². The van der Waals surface area contributed by atoms with Crippen molar-refractivity contribution >= 4 is 17.7 Å². The van der Waals surface area contributed by atoms with Gasteiger partial charge in [-0.2, -0.15) is 4.98 Å². The van der Waals surface area contributed by atoms with Crippen LogP contribution in [0.4, 0.5) is 11.8 Å². The summed E-state index contributed by atoms with van der Waals surface area (Å²) in [6, 6.07) is 1.89. The van der Waals surface area contributed by atoms with Crippen molar-refractivity contribution in [1.29, 1.82) is 0 Å². The van der Waals surface area contributed by atoms with E-state index >= 15 is 0 Å². The smallest absolute Gasteiger partial charge is 0.248 e. The van der Waals surface area contributed by atoms with E-state index in [0.717, 1.165) is 5.69 Å². The van der Waals surface area contributed by atoms with Crippen LogP contribution in [0.15, 0.2) is 6.07 Å². The molecule has 1 aliphatic heterocycles. The number of nitrogen functional groups attached to an aromatic ring is 1. The Morgan fingerprint density at radius 2 is 2.26 bits per heavy atom. The Morgan fingerprint density at radius 3 is 2.89 bits per heavy atom. The van der Waals surface area contributed by atoms with E-state index in [1.54, 1.807) is 0 Å². The largest absolute Gasteiger partial charge is 0.368 e. The van der Waals surface area contributed by atoms with Crippen molar-refractivity contribution in [2.45, 2.75) is 25.9 Å². The number of aromatic nitrogens is 2. The molecule has 0 aliphatic carbocycles. The molecule has 0 spiro atoms. The highest BCUT2D eigenvalue weighted by molar-refractivity contribution is 5.79. The van der Waals surface area contributed by atoms with Crippen LogP contribution in [0.5, 0.6) is 0 Å². The van der Waals surface area contributed by atoms with Crippen LogP contribution >= 0.6 is 0 Å². The van der Waals surface area contributed by atoms with Gasteiger partial charge >= 0.3 is 0 Å². The molecule has 4 N–H and O–H groups in total. The first-order chi connectivity index (χ1) is 8.97. The number of morpholine rings is 1. The van der Waals surface area contributed by atoms with Gasteiger partial charge in [0.05, 0.1) is 18.8 Å². The van der Waals surface area contributed by atoms with Crippen LogP contribution in [-0.4, -0.2) is 41.7 Å². The Labute approximate surface area is 111 Å². The molecule has 1 aromatic heterocycles. The van der Waals surface area contributed by atoms with E-state index in [-0.39, 0.29) is 11.9 Å². The summed E-state index contributed by atoms with van der Waals surface area (Å²) >= 11 is 0. The monoisotopic (exact) mass is 265 g/mol. The fraction of sp³-hybridized carbons (Fsp3) is 0.583. The molecule has 104 valence electrons. The number of nitrogens with two attached hydrogens (primary N) is 2. The van der Waals surface area contributed by atoms with Crippen LogP contribution in [0.3, 0.4) is 0 Å². The van der Waals surface area contributed by atoms with Crippen molar-refractivity contribution in [3.63, 3.8) is 0 Å². The molecule has 19 heavy (non-hydrogen) atoms. The summed E-state index contributed by atoms with van der Waals surface area (Å²) in [6.45, 7) is 5.56. The Balaban J connectivity index is 2.23. The van der Waals surface area contributed by atoms with E-state index in [4.69, 9.17) is 16.2 Å². The molecule has 1 fully saturated rings. The number of rotatable bonds is 3. The van der Waals surface area contributed by atoms with E-state index < -0.39 is 12.0 Å². The molecule has 1 aromatic rings. The molecule has 2 heterocycles. The predicted molar refractivity (Wildman–Crippen MR) is 71.7 cm³/mol. The molecular weight excluding hydrogens is 246 g/mol. The van der Waals surface area contributed by atoms with Gasteiger partial charge in [-0.15, -0.1) is 0 Å². The van der Waals surface area contributed by atoms with Crippen LogP contribution in [0, 0.1) is 0 Å². The van der Waals surface area contributed by atoms with Gasteiger partial charge < -0.3 is 21.1 Å². The first kappa shape index (κ1) is 13.5. The Hall–Kier alpha value is -1.89. The number of amides is 1. The number of primary amides is 1. The zero-order valence-corrected chi connectivity index (χ0v) is 11.2. The maximum absolute atomic E-state index is 11.2. The van der Waals surface area contributed by atoms with Crippen molar-refractivity contribution in [3.05, 3.63) is 11.8 Å². The third-order valence-electron chi connectivity index (χ3n) is 3.05. The topological polar surface area (TPSA) is 107 Å². The average molecular weight is 265 g/mol. The lowest BCUT2D eigenvalue weighted by atomic mass is 10.1. The SMILES string of the molecule is CC(C)c1cc(N2CCO[C@@H](C(N)=O)C2)nc(N)n1. The molecule has 1 saturated heterocycles.